The Kier molecular flexibility index (Phi) is 3.47. The maximum atomic E-state index is 4.75. The van der Waals surface area contributed by atoms with E-state index in [1.807, 2.05) is 12.1 Å². The molecule has 1 aromatic heterocycles. The fourth-order valence-corrected chi connectivity index (χ4v) is 3.15. The number of nitrogens with zero attached hydrogens (tertiary/aromatic N) is 2. The molecule has 0 unspecified atom stereocenters. The van der Waals surface area contributed by atoms with Crippen LogP contribution in [0.5, 0.6) is 0 Å². The Morgan fingerprint density at radius 1 is 1.00 bits per heavy atom. The van der Waals surface area contributed by atoms with Gasteiger partial charge in [0.25, 0.3) is 0 Å². The number of hydrogen-bond acceptors (Lipinski definition) is 3. The molecule has 0 aliphatic carbocycles. The van der Waals surface area contributed by atoms with Crippen LogP contribution in [0.15, 0.2) is 54.6 Å². The molecule has 0 aliphatic rings. The van der Waals surface area contributed by atoms with Gasteiger partial charge in [0.05, 0.1) is 10.2 Å². The van der Waals surface area contributed by atoms with E-state index < -0.39 is 0 Å². The van der Waals surface area contributed by atoms with Gasteiger partial charge in [-0.2, -0.15) is 0 Å². The Morgan fingerprint density at radius 2 is 1.74 bits per heavy atom. The Balaban J connectivity index is 2.04. The minimum absolute atomic E-state index is 0.990. The van der Waals surface area contributed by atoms with Crippen LogP contribution in [-0.2, 0) is 0 Å². The van der Waals surface area contributed by atoms with Crippen molar-refractivity contribution in [3.63, 3.8) is 0 Å². The fourth-order valence-electron chi connectivity index (χ4n) is 2.14. The molecule has 0 bridgehead atoms. The summed E-state index contributed by atoms with van der Waals surface area (Å²) in [7, 11) is 0. The molecular weight excluding hydrogens is 252 g/mol. The van der Waals surface area contributed by atoms with Crippen molar-refractivity contribution in [2.45, 2.75) is 13.3 Å². The first-order valence-electron chi connectivity index (χ1n) is 6.56. The van der Waals surface area contributed by atoms with Crippen LogP contribution in [0.4, 0.5) is 10.8 Å². The van der Waals surface area contributed by atoms with Crippen molar-refractivity contribution in [1.29, 1.82) is 0 Å². The van der Waals surface area contributed by atoms with Gasteiger partial charge < -0.3 is 4.90 Å². The lowest BCUT2D eigenvalue weighted by atomic mass is 10.3. The summed E-state index contributed by atoms with van der Waals surface area (Å²) in [6, 6.07) is 18.8. The summed E-state index contributed by atoms with van der Waals surface area (Å²) >= 11 is 1.75. The van der Waals surface area contributed by atoms with Crippen LogP contribution in [0.3, 0.4) is 0 Å². The largest absolute Gasteiger partial charge is 0.318 e. The summed E-state index contributed by atoms with van der Waals surface area (Å²) in [6.45, 7) is 3.19. The first-order chi connectivity index (χ1) is 9.38. The monoisotopic (exact) mass is 268 g/mol. The second-order valence-corrected chi connectivity index (χ2v) is 5.46. The lowest BCUT2D eigenvalue weighted by Crippen LogP contribution is -2.17. The second-order valence-electron chi connectivity index (χ2n) is 4.45. The standard InChI is InChI=1S/C16H16N2S/c1-2-12-18(13-8-4-3-5-9-13)16-17-14-10-6-7-11-15(14)19-16/h3-11H,2,12H2,1H3. The fraction of sp³-hybridized carbons (Fsp3) is 0.188. The maximum Gasteiger partial charge on any atom is 0.190 e. The van der Waals surface area contributed by atoms with Crippen molar-refractivity contribution in [2.75, 3.05) is 11.4 Å². The highest BCUT2D eigenvalue weighted by molar-refractivity contribution is 7.22. The van der Waals surface area contributed by atoms with E-state index in [0.29, 0.717) is 0 Å². The van der Waals surface area contributed by atoms with Gasteiger partial charge in [-0.15, -0.1) is 0 Å². The number of rotatable bonds is 4. The van der Waals surface area contributed by atoms with Crippen molar-refractivity contribution in [1.82, 2.24) is 4.98 Å². The molecule has 1 heterocycles. The molecule has 19 heavy (non-hydrogen) atoms. The summed E-state index contributed by atoms with van der Waals surface area (Å²) in [4.78, 5) is 7.05. The van der Waals surface area contributed by atoms with Crippen molar-refractivity contribution in [2.24, 2.45) is 0 Å². The van der Waals surface area contributed by atoms with E-state index in [4.69, 9.17) is 4.98 Å². The highest BCUT2D eigenvalue weighted by atomic mass is 32.1. The third-order valence-electron chi connectivity index (χ3n) is 3.03. The SMILES string of the molecule is CCCN(c1ccccc1)c1nc2ccccc2s1. The second kappa shape index (κ2) is 5.41. The molecule has 3 heteroatoms. The van der Waals surface area contributed by atoms with E-state index in [0.717, 1.165) is 23.6 Å². The van der Waals surface area contributed by atoms with E-state index in [9.17, 15) is 0 Å². The molecule has 3 aromatic rings. The summed E-state index contributed by atoms with van der Waals surface area (Å²) in [5, 5.41) is 1.08. The van der Waals surface area contributed by atoms with Crippen LogP contribution >= 0.6 is 11.3 Å². The average molecular weight is 268 g/mol. The normalized spacial score (nSPS) is 10.8. The van der Waals surface area contributed by atoms with Crippen molar-refractivity contribution in [3.8, 4) is 0 Å². The Morgan fingerprint density at radius 3 is 2.47 bits per heavy atom. The molecule has 0 atom stereocenters. The van der Waals surface area contributed by atoms with E-state index in [1.54, 1.807) is 11.3 Å². The number of anilines is 2. The van der Waals surface area contributed by atoms with Gasteiger partial charge in [0.2, 0.25) is 0 Å². The molecule has 0 saturated carbocycles. The molecule has 0 spiro atoms. The van der Waals surface area contributed by atoms with E-state index in [1.165, 1.54) is 10.4 Å². The predicted octanol–water partition coefficient (Wildman–Crippen LogP) is 4.84. The van der Waals surface area contributed by atoms with Crippen molar-refractivity contribution >= 4 is 32.4 Å². The number of hydrogen-bond donors (Lipinski definition) is 0. The zero-order valence-corrected chi connectivity index (χ0v) is 11.7. The maximum absolute atomic E-state index is 4.75. The Labute approximate surface area is 117 Å². The van der Waals surface area contributed by atoms with Crippen LogP contribution in [0, 0.1) is 0 Å². The average Bonchev–Trinajstić information content (AvgIpc) is 2.89. The highest BCUT2D eigenvalue weighted by Gasteiger charge is 2.12. The van der Waals surface area contributed by atoms with Gasteiger partial charge in [0.1, 0.15) is 0 Å². The zero-order valence-electron chi connectivity index (χ0n) is 10.9. The number of aromatic nitrogens is 1. The molecule has 0 fully saturated rings. The lowest BCUT2D eigenvalue weighted by Gasteiger charge is -2.20. The smallest absolute Gasteiger partial charge is 0.190 e. The zero-order chi connectivity index (χ0) is 13.1. The minimum atomic E-state index is 0.990. The van der Waals surface area contributed by atoms with Gasteiger partial charge in [-0.25, -0.2) is 4.98 Å². The van der Waals surface area contributed by atoms with E-state index >= 15 is 0 Å². The third kappa shape index (κ3) is 2.47. The summed E-state index contributed by atoms with van der Waals surface area (Å²) in [6.07, 6.45) is 1.10. The molecule has 0 amide bonds. The molecule has 0 aliphatic heterocycles. The molecule has 2 aromatic carbocycles. The van der Waals surface area contributed by atoms with Crippen LogP contribution in [-0.4, -0.2) is 11.5 Å². The highest BCUT2D eigenvalue weighted by Crippen LogP contribution is 2.33. The Bertz CT molecular complexity index is 628. The number of para-hydroxylation sites is 2. The van der Waals surface area contributed by atoms with Crippen LogP contribution in [0.1, 0.15) is 13.3 Å². The van der Waals surface area contributed by atoms with Gasteiger partial charge >= 0.3 is 0 Å². The van der Waals surface area contributed by atoms with E-state index in [2.05, 4.69) is 54.3 Å². The van der Waals surface area contributed by atoms with Crippen LogP contribution in [0.2, 0.25) is 0 Å². The van der Waals surface area contributed by atoms with Crippen molar-refractivity contribution < 1.29 is 0 Å². The van der Waals surface area contributed by atoms with Gasteiger partial charge in [-0.05, 0) is 30.7 Å². The molecule has 0 N–H and O–H groups in total. The molecule has 0 saturated heterocycles. The van der Waals surface area contributed by atoms with Gasteiger partial charge in [-0.1, -0.05) is 48.6 Å². The van der Waals surface area contributed by atoms with E-state index in [-0.39, 0.29) is 0 Å². The quantitative estimate of drug-likeness (QED) is 0.672. The molecular formula is C16H16N2S. The van der Waals surface area contributed by atoms with Gasteiger partial charge in [0.15, 0.2) is 5.13 Å². The van der Waals surface area contributed by atoms with Gasteiger partial charge in [0, 0.05) is 12.2 Å². The summed E-state index contributed by atoms with van der Waals surface area (Å²) in [5.41, 5.74) is 2.29. The number of thiazole rings is 1. The minimum Gasteiger partial charge on any atom is -0.318 e. The molecule has 96 valence electrons. The molecule has 2 nitrogen and oxygen atoms in total. The van der Waals surface area contributed by atoms with Crippen LogP contribution in [0.25, 0.3) is 10.2 Å². The Hall–Kier alpha value is -1.87. The topological polar surface area (TPSA) is 16.1 Å². The third-order valence-corrected chi connectivity index (χ3v) is 4.09. The first-order valence-corrected chi connectivity index (χ1v) is 7.38. The molecule has 0 radical (unpaired) electrons. The van der Waals surface area contributed by atoms with Crippen molar-refractivity contribution in [3.05, 3.63) is 54.6 Å². The van der Waals surface area contributed by atoms with Crippen LogP contribution < -0.4 is 4.90 Å². The predicted molar refractivity (Wildman–Crippen MR) is 83.4 cm³/mol. The first kappa shape index (κ1) is 12.2. The number of benzene rings is 2. The summed E-state index contributed by atoms with van der Waals surface area (Å²) < 4.78 is 1.24. The molecule has 3 rings (SSSR count). The van der Waals surface area contributed by atoms with Gasteiger partial charge in [-0.3, -0.25) is 0 Å². The lowest BCUT2D eigenvalue weighted by molar-refractivity contribution is 0.882. The summed E-state index contributed by atoms with van der Waals surface area (Å²) in [5.74, 6) is 0. The number of fused-ring (bicyclic) bond motifs is 1.